The third kappa shape index (κ3) is 6.67. The van der Waals surface area contributed by atoms with Gasteiger partial charge in [0, 0.05) is 0 Å². The second kappa shape index (κ2) is 16.6. The van der Waals surface area contributed by atoms with Gasteiger partial charge in [0.15, 0.2) is 16.1 Å². The van der Waals surface area contributed by atoms with Gasteiger partial charge in [-0.05, 0) is 98.8 Å². The summed E-state index contributed by atoms with van der Waals surface area (Å²) < 4.78 is 0. The number of hydrogen-bond donors (Lipinski definition) is 0. The molecule has 3 heteroatoms. The van der Waals surface area contributed by atoms with Crippen LogP contribution in [0.1, 0.15) is 22.3 Å². The summed E-state index contributed by atoms with van der Waals surface area (Å²) >= 11 is 0. The largest absolute Gasteiger partial charge is 0.179 e. The summed E-state index contributed by atoms with van der Waals surface area (Å²) in [7, 11) is -7.31. The average molecular weight is 905 g/mol. The first-order valence-electron chi connectivity index (χ1n) is 23.8. The van der Waals surface area contributed by atoms with Gasteiger partial charge in [0.05, 0.1) is 0 Å². The summed E-state index contributed by atoms with van der Waals surface area (Å²) in [6.07, 6.45) is 1.92. The lowest BCUT2D eigenvalue weighted by molar-refractivity contribution is 1.27. The Morgan fingerprint density at radius 1 is 0.224 bits per heavy atom. The van der Waals surface area contributed by atoms with Crippen LogP contribution < -0.4 is 51.9 Å². The van der Waals surface area contributed by atoms with Crippen LogP contribution in [0.2, 0.25) is 13.1 Å². The molecule has 0 aromatic heterocycles. The van der Waals surface area contributed by atoms with E-state index < -0.39 is 24.2 Å². The molecule has 0 heterocycles. The van der Waals surface area contributed by atoms with Gasteiger partial charge in [-0.15, -0.1) is 0 Å². The van der Waals surface area contributed by atoms with Gasteiger partial charge in [-0.1, -0.05) is 278 Å². The Hall–Kier alpha value is -7.15. The smallest absolute Gasteiger partial charge is 0.0623 e. The summed E-state index contributed by atoms with van der Waals surface area (Å²) in [5, 5.41) is 14.4. The first-order chi connectivity index (χ1) is 33.0. The highest BCUT2D eigenvalue weighted by atomic mass is 28.3. The summed E-state index contributed by atoms with van der Waals surface area (Å²) in [6, 6.07) is 97.6. The fourth-order valence-electron chi connectivity index (χ4n) is 12.0. The van der Waals surface area contributed by atoms with Gasteiger partial charge in [0.1, 0.15) is 8.07 Å². The van der Waals surface area contributed by atoms with Crippen molar-refractivity contribution in [3.8, 4) is 22.3 Å². The van der Waals surface area contributed by atoms with Gasteiger partial charge in [-0.3, -0.25) is 0 Å². The average Bonchev–Trinajstić information content (AvgIpc) is 3.96. The highest BCUT2D eigenvalue weighted by Crippen LogP contribution is 2.38. The van der Waals surface area contributed by atoms with Gasteiger partial charge in [0.2, 0.25) is 0 Å². The van der Waals surface area contributed by atoms with Gasteiger partial charge in [0.25, 0.3) is 0 Å². The van der Waals surface area contributed by atoms with Crippen LogP contribution in [0.4, 0.5) is 0 Å². The number of fused-ring (bicyclic) bond motifs is 6. The van der Waals surface area contributed by atoms with Crippen LogP contribution in [-0.2, 0) is 12.8 Å². The number of hydrogen-bond acceptors (Lipinski definition) is 0. The Morgan fingerprint density at radius 2 is 0.433 bits per heavy atom. The van der Waals surface area contributed by atoms with E-state index in [9.17, 15) is 0 Å². The molecule has 0 nitrogen and oxygen atoms in total. The van der Waals surface area contributed by atoms with E-state index in [-0.39, 0.29) is 0 Å². The second-order valence-corrected chi connectivity index (χ2v) is 31.2. The van der Waals surface area contributed by atoms with Gasteiger partial charge in [-0.25, -0.2) is 0 Å². The zero-order chi connectivity index (χ0) is 45.0. The molecule has 0 aliphatic heterocycles. The van der Waals surface area contributed by atoms with Crippen LogP contribution in [0.3, 0.4) is 0 Å². The Labute approximate surface area is 399 Å². The molecule has 2 aliphatic rings. The van der Waals surface area contributed by atoms with E-state index in [1.807, 2.05) is 0 Å². The summed E-state index contributed by atoms with van der Waals surface area (Å²) in [5.41, 5.74) is 11.4. The van der Waals surface area contributed by atoms with E-state index in [0.717, 1.165) is 12.8 Å². The Kier molecular flexibility index (Phi) is 10.2. The molecule has 2 aliphatic carbocycles. The fraction of sp³-hybridized carbons (Fsp3) is 0.0625. The number of rotatable bonds is 10. The normalized spacial score (nSPS) is 12.8. The van der Waals surface area contributed by atoms with E-state index in [0.29, 0.717) is 0 Å². The molecule has 0 radical (unpaired) electrons. The van der Waals surface area contributed by atoms with Crippen molar-refractivity contribution in [2.45, 2.75) is 25.9 Å². The zero-order valence-electron chi connectivity index (χ0n) is 38.2. The predicted octanol–water partition coefficient (Wildman–Crippen LogP) is 8.41. The molecule has 0 fully saturated rings. The van der Waals surface area contributed by atoms with Gasteiger partial charge in [-0.2, -0.15) is 0 Å². The van der Waals surface area contributed by atoms with Crippen molar-refractivity contribution in [3.05, 3.63) is 277 Å². The van der Waals surface area contributed by atoms with E-state index in [1.165, 1.54) is 96.4 Å². The van der Waals surface area contributed by atoms with Crippen LogP contribution in [0.25, 0.3) is 22.3 Å². The van der Waals surface area contributed by atoms with Crippen LogP contribution in [-0.4, -0.2) is 24.2 Å². The third-order valence-electron chi connectivity index (χ3n) is 15.3. The lowest BCUT2D eigenvalue weighted by Crippen LogP contribution is -2.74. The molecule has 67 heavy (non-hydrogen) atoms. The van der Waals surface area contributed by atoms with Crippen molar-refractivity contribution in [1.82, 2.24) is 0 Å². The molecule has 0 saturated heterocycles. The van der Waals surface area contributed by atoms with E-state index in [4.69, 9.17) is 0 Å². The summed E-state index contributed by atoms with van der Waals surface area (Å²) in [4.78, 5) is 0. The van der Waals surface area contributed by atoms with Gasteiger partial charge >= 0.3 is 0 Å². The summed E-state index contributed by atoms with van der Waals surface area (Å²) in [6.45, 7) is 5.10. The molecular formula is C64H52Si3. The minimum atomic E-state index is -2.61. The lowest BCUT2D eigenvalue weighted by Gasteiger charge is -2.34. The quantitative estimate of drug-likeness (QED) is 0.0957. The Morgan fingerprint density at radius 3 is 0.672 bits per heavy atom. The van der Waals surface area contributed by atoms with Crippen molar-refractivity contribution in [1.29, 1.82) is 0 Å². The maximum atomic E-state index is 2.58. The molecular weight excluding hydrogens is 853 g/mol. The Bertz CT molecular complexity index is 2980. The highest BCUT2D eigenvalue weighted by Gasteiger charge is 2.43. The van der Waals surface area contributed by atoms with Crippen LogP contribution in [0.15, 0.2) is 255 Å². The standard InChI is InChI=1S/C64H52Si3/c1-65(2,57-33-37-61-47(43-57)41-49-45-59(35-39-63(49)61)66(51-21-9-3-10-22-51,52-23-11-4-12-24-52)53-25-13-5-14-26-53)58-34-38-62-48(44-58)42-50-46-60(36-40-64(50)62)67(54-27-15-6-16-28-54,55-29-17-7-18-30-55)56-31-19-8-20-32-56/h3-40,43-46H,41-42H2,1-2H3. The van der Waals surface area contributed by atoms with Crippen molar-refractivity contribution in [2.24, 2.45) is 0 Å². The molecule has 0 saturated carbocycles. The minimum absolute atomic E-state index is 0.960. The molecule has 0 spiro atoms. The maximum absolute atomic E-state index is 2.61. The molecule has 0 amide bonds. The zero-order valence-corrected chi connectivity index (χ0v) is 41.2. The predicted molar refractivity (Wildman–Crippen MR) is 293 cm³/mol. The van der Waals surface area contributed by atoms with Crippen molar-refractivity contribution < 1.29 is 0 Å². The molecule has 0 atom stereocenters. The molecule has 320 valence electrons. The highest BCUT2D eigenvalue weighted by molar-refractivity contribution is 7.20. The van der Waals surface area contributed by atoms with Crippen molar-refractivity contribution >= 4 is 76.1 Å². The minimum Gasteiger partial charge on any atom is -0.0623 e. The lowest BCUT2D eigenvalue weighted by atomic mass is 10.1. The molecule has 10 aromatic carbocycles. The SMILES string of the molecule is C[Si](C)(c1ccc2c(c1)Cc1cc([Si](c3ccccc3)(c3ccccc3)c3ccccc3)ccc1-2)c1ccc2c(c1)Cc1cc([Si](c3ccccc3)(c3ccccc3)c3ccccc3)ccc1-2. The molecule has 0 bridgehead atoms. The maximum Gasteiger partial charge on any atom is 0.179 e. The summed E-state index contributed by atoms with van der Waals surface area (Å²) in [5.74, 6) is 0. The van der Waals surface area contributed by atoms with Crippen LogP contribution in [0, 0.1) is 0 Å². The van der Waals surface area contributed by atoms with Crippen molar-refractivity contribution in [2.75, 3.05) is 0 Å². The molecule has 0 N–H and O–H groups in total. The monoisotopic (exact) mass is 904 g/mol. The van der Waals surface area contributed by atoms with E-state index in [1.54, 1.807) is 0 Å². The third-order valence-corrected chi connectivity index (χ3v) is 28.4. The second-order valence-electron chi connectivity index (χ2n) is 19.2. The van der Waals surface area contributed by atoms with Gasteiger partial charge < -0.3 is 0 Å². The number of benzene rings is 10. The van der Waals surface area contributed by atoms with Crippen LogP contribution >= 0.6 is 0 Å². The van der Waals surface area contributed by atoms with E-state index in [2.05, 4.69) is 268 Å². The molecule has 12 rings (SSSR count). The van der Waals surface area contributed by atoms with E-state index >= 15 is 0 Å². The molecule has 0 unspecified atom stereocenters. The van der Waals surface area contributed by atoms with Crippen LogP contribution in [0.5, 0.6) is 0 Å². The Balaban J connectivity index is 0.881. The molecule has 10 aromatic rings. The van der Waals surface area contributed by atoms with Crippen molar-refractivity contribution in [3.63, 3.8) is 0 Å². The fourth-order valence-corrected chi connectivity index (χ4v) is 24.0. The topological polar surface area (TPSA) is 0 Å². The first kappa shape index (κ1) is 41.3. The first-order valence-corrected chi connectivity index (χ1v) is 30.8.